The van der Waals surface area contributed by atoms with E-state index in [1.165, 1.54) is 0 Å². The summed E-state index contributed by atoms with van der Waals surface area (Å²) in [6.45, 7) is 1.01. The molecule has 4 nitrogen and oxygen atoms in total. The number of thioether (sulfide) groups is 1. The first kappa shape index (κ1) is 21.5. The number of hydrogen-bond donors (Lipinski definition) is 1. The molecule has 0 bridgehead atoms. The monoisotopic (exact) mass is 403 g/mol. The van der Waals surface area contributed by atoms with Gasteiger partial charge in [0, 0.05) is 24.4 Å². The molecule has 2 heterocycles. The third-order valence-corrected chi connectivity index (χ3v) is 5.50. The van der Waals surface area contributed by atoms with E-state index in [0.29, 0.717) is 24.5 Å². The molecule has 1 saturated heterocycles. The summed E-state index contributed by atoms with van der Waals surface area (Å²) in [7, 11) is 0. The van der Waals surface area contributed by atoms with Gasteiger partial charge in [-0.15, -0.1) is 23.7 Å². The number of hydrogen-bond acceptors (Lipinski definition) is 5. The van der Waals surface area contributed by atoms with E-state index in [1.807, 2.05) is 6.26 Å². The lowest BCUT2D eigenvalue weighted by atomic mass is 9.98. The molecule has 0 aromatic carbocycles. The van der Waals surface area contributed by atoms with Gasteiger partial charge in [0.1, 0.15) is 0 Å². The molecule has 2 rings (SSSR count). The van der Waals surface area contributed by atoms with Crippen molar-refractivity contribution in [2.75, 3.05) is 25.1 Å². The molecule has 0 radical (unpaired) electrons. The van der Waals surface area contributed by atoms with Crippen LogP contribution in [-0.4, -0.2) is 46.9 Å². The van der Waals surface area contributed by atoms with E-state index >= 15 is 0 Å². The number of rotatable bonds is 5. The van der Waals surface area contributed by atoms with Gasteiger partial charge in [0.25, 0.3) is 0 Å². The predicted molar refractivity (Wildman–Crippen MR) is 93.9 cm³/mol. The number of aromatic nitrogens is 1. The summed E-state index contributed by atoms with van der Waals surface area (Å²) in [6, 6.07) is -0.539. The van der Waals surface area contributed by atoms with Gasteiger partial charge in [-0.25, -0.2) is 4.98 Å². The molecular formula is C14H21ClF3N3OS2. The minimum absolute atomic E-state index is 0. The number of carbonyl (C=O) groups excluding carboxylic acids is 1. The van der Waals surface area contributed by atoms with E-state index in [2.05, 4.69) is 4.98 Å². The largest absolute Gasteiger partial charge is 0.434 e. The van der Waals surface area contributed by atoms with Crippen LogP contribution in [0.15, 0.2) is 5.38 Å². The molecule has 0 aliphatic carbocycles. The van der Waals surface area contributed by atoms with E-state index in [-0.39, 0.29) is 24.2 Å². The first-order valence-corrected chi connectivity index (χ1v) is 9.66. The van der Waals surface area contributed by atoms with Crippen LogP contribution in [0, 0.1) is 0 Å². The highest BCUT2D eigenvalue weighted by atomic mass is 35.5. The number of carbonyl (C=O) groups is 1. The molecular weight excluding hydrogens is 383 g/mol. The van der Waals surface area contributed by atoms with Crippen LogP contribution in [-0.2, 0) is 11.0 Å². The Morgan fingerprint density at radius 1 is 1.58 bits per heavy atom. The Balaban J connectivity index is 0.00000288. The van der Waals surface area contributed by atoms with Crippen molar-refractivity contribution >= 4 is 41.4 Å². The summed E-state index contributed by atoms with van der Waals surface area (Å²) in [6.07, 6.45) is -0.355. The number of likely N-dealkylation sites (tertiary alicyclic amines) is 1. The topological polar surface area (TPSA) is 59.2 Å². The van der Waals surface area contributed by atoms with Crippen molar-refractivity contribution in [1.29, 1.82) is 0 Å². The highest BCUT2D eigenvalue weighted by Crippen LogP contribution is 2.35. The van der Waals surface area contributed by atoms with Crippen molar-refractivity contribution in [2.24, 2.45) is 5.73 Å². The second kappa shape index (κ2) is 9.26. The Morgan fingerprint density at radius 3 is 2.88 bits per heavy atom. The average Bonchev–Trinajstić information content (AvgIpc) is 3.02. The molecule has 1 aliphatic rings. The second-order valence-corrected chi connectivity index (χ2v) is 7.46. The van der Waals surface area contributed by atoms with E-state index in [9.17, 15) is 18.0 Å². The van der Waals surface area contributed by atoms with Gasteiger partial charge in [-0.1, -0.05) is 0 Å². The van der Waals surface area contributed by atoms with Gasteiger partial charge < -0.3 is 10.6 Å². The number of alkyl halides is 3. The lowest BCUT2D eigenvalue weighted by Gasteiger charge is -2.33. The summed E-state index contributed by atoms with van der Waals surface area (Å²) in [5, 5.41) is 1.49. The first-order chi connectivity index (χ1) is 10.8. The third-order valence-electron chi connectivity index (χ3n) is 3.84. The number of piperidine rings is 1. The van der Waals surface area contributed by atoms with E-state index in [1.54, 1.807) is 16.7 Å². The Bertz CT molecular complexity index is 542. The molecule has 1 aliphatic heterocycles. The zero-order valence-electron chi connectivity index (χ0n) is 13.2. The summed E-state index contributed by atoms with van der Waals surface area (Å²) in [4.78, 5) is 17.7. The number of thiazole rings is 1. The maximum absolute atomic E-state index is 12.7. The standard InChI is InChI=1S/C14H20F3N3OS2.ClH/c1-22-6-4-10(18)13(21)20-5-2-3-9(7-20)12-19-11(8-23-12)14(15,16)17;/h8-10H,2-7,18H2,1H3;1H. The predicted octanol–water partition coefficient (Wildman–Crippen LogP) is 3.37. The van der Waals surface area contributed by atoms with Crippen LogP contribution < -0.4 is 5.73 Å². The minimum Gasteiger partial charge on any atom is -0.341 e. The summed E-state index contributed by atoms with van der Waals surface area (Å²) >= 11 is 2.65. The highest BCUT2D eigenvalue weighted by molar-refractivity contribution is 7.98. The van der Waals surface area contributed by atoms with Gasteiger partial charge in [-0.05, 0) is 31.3 Å². The van der Waals surface area contributed by atoms with Crippen molar-refractivity contribution in [3.63, 3.8) is 0 Å². The molecule has 24 heavy (non-hydrogen) atoms. The molecule has 138 valence electrons. The summed E-state index contributed by atoms with van der Waals surface area (Å²) < 4.78 is 38.0. The van der Waals surface area contributed by atoms with Gasteiger partial charge >= 0.3 is 6.18 Å². The van der Waals surface area contributed by atoms with Gasteiger partial charge in [-0.3, -0.25) is 4.79 Å². The maximum Gasteiger partial charge on any atom is 0.434 e. The van der Waals surface area contributed by atoms with Crippen LogP contribution in [0.1, 0.15) is 35.9 Å². The Hall–Kier alpha value is -0.510. The highest BCUT2D eigenvalue weighted by Gasteiger charge is 2.35. The quantitative estimate of drug-likeness (QED) is 0.818. The second-order valence-electron chi connectivity index (χ2n) is 5.58. The molecule has 2 unspecified atom stereocenters. The normalized spacial score (nSPS) is 19.7. The van der Waals surface area contributed by atoms with E-state index in [0.717, 1.165) is 35.3 Å². The number of halogens is 4. The molecule has 10 heteroatoms. The van der Waals surface area contributed by atoms with Crippen LogP contribution >= 0.6 is 35.5 Å². The van der Waals surface area contributed by atoms with E-state index < -0.39 is 17.9 Å². The smallest absolute Gasteiger partial charge is 0.341 e. The molecule has 0 saturated carbocycles. The summed E-state index contributed by atoms with van der Waals surface area (Å²) in [5.74, 6) is 0.559. The van der Waals surface area contributed by atoms with Gasteiger partial charge in [-0.2, -0.15) is 24.9 Å². The van der Waals surface area contributed by atoms with Crippen molar-refractivity contribution in [1.82, 2.24) is 9.88 Å². The maximum atomic E-state index is 12.7. The van der Waals surface area contributed by atoms with Crippen LogP contribution in [0.25, 0.3) is 0 Å². The molecule has 2 atom stereocenters. The Morgan fingerprint density at radius 2 is 2.29 bits per heavy atom. The molecule has 1 aromatic rings. The molecule has 1 amide bonds. The number of nitrogens with zero attached hydrogens (tertiary/aromatic N) is 2. The van der Waals surface area contributed by atoms with Crippen LogP contribution in [0.3, 0.4) is 0 Å². The average molecular weight is 404 g/mol. The van der Waals surface area contributed by atoms with Crippen molar-refractivity contribution in [2.45, 2.75) is 37.4 Å². The minimum atomic E-state index is -4.42. The van der Waals surface area contributed by atoms with Crippen LogP contribution in [0.2, 0.25) is 0 Å². The number of amides is 1. The van der Waals surface area contributed by atoms with Crippen molar-refractivity contribution in [3.8, 4) is 0 Å². The Labute approximate surface area is 153 Å². The van der Waals surface area contributed by atoms with Gasteiger partial charge in [0.2, 0.25) is 5.91 Å². The zero-order valence-corrected chi connectivity index (χ0v) is 15.7. The fourth-order valence-corrected chi connectivity index (χ4v) is 4.03. The van der Waals surface area contributed by atoms with Gasteiger partial charge in [0.05, 0.1) is 11.0 Å². The molecule has 2 N–H and O–H groups in total. The molecule has 0 spiro atoms. The fourth-order valence-electron chi connectivity index (χ4n) is 2.59. The van der Waals surface area contributed by atoms with Crippen molar-refractivity contribution in [3.05, 3.63) is 16.1 Å². The SMILES string of the molecule is CSCCC(N)C(=O)N1CCCC(c2nc(C(F)(F)F)cs2)C1.Cl. The van der Waals surface area contributed by atoms with E-state index in [4.69, 9.17) is 5.73 Å². The van der Waals surface area contributed by atoms with Crippen LogP contribution in [0.5, 0.6) is 0 Å². The summed E-state index contributed by atoms with van der Waals surface area (Å²) in [5.41, 5.74) is 5.06. The third kappa shape index (κ3) is 5.50. The first-order valence-electron chi connectivity index (χ1n) is 7.39. The molecule has 1 aromatic heterocycles. The fraction of sp³-hybridized carbons (Fsp3) is 0.714. The lowest BCUT2D eigenvalue weighted by Crippen LogP contribution is -2.47. The molecule has 1 fully saturated rings. The van der Waals surface area contributed by atoms with Crippen LogP contribution in [0.4, 0.5) is 13.2 Å². The van der Waals surface area contributed by atoms with Crippen molar-refractivity contribution < 1.29 is 18.0 Å². The van der Waals surface area contributed by atoms with Gasteiger partial charge in [0.15, 0.2) is 5.69 Å². The Kier molecular flexibility index (Phi) is 8.31. The zero-order chi connectivity index (χ0) is 17.0. The number of nitrogens with two attached hydrogens (primary N) is 1. The lowest BCUT2D eigenvalue weighted by molar-refractivity contribution is -0.141.